The summed E-state index contributed by atoms with van der Waals surface area (Å²) in [6.45, 7) is 3.55. The lowest BCUT2D eigenvalue weighted by atomic mass is 9.97. The molecule has 5 heteroatoms. The van der Waals surface area contributed by atoms with Crippen molar-refractivity contribution in [2.45, 2.75) is 25.8 Å². The van der Waals surface area contributed by atoms with Crippen LogP contribution in [0.5, 0.6) is 0 Å². The van der Waals surface area contributed by atoms with Crippen LogP contribution in [-0.2, 0) is 4.79 Å². The molecule has 0 spiro atoms. The number of carbonyl (C=O) groups is 1. The second-order valence-corrected chi connectivity index (χ2v) is 4.92. The summed E-state index contributed by atoms with van der Waals surface area (Å²) in [5.41, 5.74) is 13.1. The van der Waals surface area contributed by atoms with Crippen molar-refractivity contribution in [3.8, 4) is 0 Å². The monoisotopic (exact) mass is 248 g/mol. The van der Waals surface area contributed by atoms with Crippen molar-refractivity contribution in [2.24, 2.45) is 17.4 Å². The molecule has 0 aliphatic carbocycles. The number of pyridine rings is 1. The molecule has 0 aromatic carbocycles. The van der Waals surface area contributed by atoms with Crippen LogP contribution in [-0.4, -0.2) is 24.0 Å². The standard InChI is InChI=1S/C13H20N4O/c1-9(14)12-5-4-11(7-16-12)17-6-2-3-10(8-17)13(15)18/h4-5,7,9-10H,2-3,6,8,14H2,1H3,(H2,15,18). The van der Waals surface area contributed by atoms with Crippen LogP contribution in [0.3, 0.4) is 0 Å². The quantitative estimate of drug-likeness (QED) is 0.828. The van der Waals surface area contributed by atoms with Crippen LogP contribution in [0.1, 0.15) is 31.5 Å². The molecule has 1 saturated heterocycles. The molecule has 2 unspecified atom stereocenters. The minimum Gasteiger partial charge on any atom is -0.369 e. The summed E-state index contributed by atoms with van der Waals surface area (Å²) >= 11 is 0. The van der Waals surface area contributed by atoms with Crippen molar-refractivity contribution >= 4 is 11.6 Å². The molecule has 18 heavy (non-hydrogen) atoms. The van der Waals surface area contributed by atoms with Crippen molar-refractivity contribution in [1.29, 1.82) is 0 Å². The molecule has 4 N–H and O–H groups in total. The Kier molecular flexibility index (Phi) is 3.81. The van der Waals surface area contributed by atoms with Crippen LogP contribution in [0, 0.1) is 5.92 Å². The van der Waals surface area contributed by atoms with E-state index in [9.17, 15) is 4.79 Å². The van der Waals surface area contributed by atoms with Gasteiger partial charge >= 0.3 is 0 Å². The second kappa shape index (κ2) is 5.35. The first-order valence-electron chi connectivity index (χ1n) is 6.33. The highest BCUT2D eigenvalue weighted by Gasteiger charge is 2.24. The summed E-state index contributed by atoms with van der Waals surface area (Å²) in [5.74, 6) is -0.258. The molecule has 1 aromatic rings. The summed E-state index contributed by atoms with van der Waals surface area (Å²) < 4.78 is 0. The molecule has 98 valence electrons. The van der Waals surface area contributed by atoms with E-state index in [-0.39, 0.29) is 17.9 Å². The Bertz CT molecular complexity index is 416. The number of hydrogen-bond acceptors (Lipinski definition) is 4. The Morgan fingerprint density at radius 2 is 2.33 bits per heavy atom. The molecule has 1 amide bonds. The van der Waals surface area contributed by atoms with E-state index in [1.54, 1.807) is 0 Å². The van der Waals surface area contributed by atoms with E-state index >= 15 is 0 Å². The topological polar surface area (TPSA) is 85.2 Å². The summed E-state index contributed by atoms with van der Waals surface area (Å²) in [7, 11) is 0. The number of aromatic nitrogens is 1. The number of nitrogens with zero attached hydrogens (tertiary/aromatic N) is 2. The van der Waals surface area contributed by atoms with Gasteiger partial charge in [-0.3, -0.25) is 9.78 Å². The SMILES string of the molecule is CC(N)c1ccc(N2CCCC(C(N)=O)C2)cn1. The largest absolute Gasteiger partial charge is 0.369 e. The van der Waals surface area contributed by atoms with E-state index in [1.807, 2.05) is 25.3 Å². The molecule has 5 nitrogen and oxygen atoms in total. The van der Waals surface area contributed by atoms with Crippen molar-refractivity contribution < 1.29 is 4.79 Å². The summed E-state index contributed by atoms with van der Waals surface area (Å²) in [6, 6.07) is 3.89. The van der Waals surface area contributed by atoms with Gasteiger partial charge in [0.25, 0.3) is 0 Å². The fourth-order valence-corrected chi connectivity index (χ4v) is 2.30. The number of carbonyl (C=O) groups excluding carboxylic acids is 1. The van der Waals surface area contributed by atoms with Crippen LogP contribution in [0.15, 0.2) is 18.3 Å². The molecule has 0 radical (unpaired) electrons. The van der Waals surface area contributed by atoms with E-state index in [0.717, 1.165) is 30.8 Å². The zero-order chi connectivity index (χ0) is 13.1. The maximum absolute atomic E-state index is 11.2. The third-order valence-electron chi connectivity index (χ3n) is 3.43. The first kappa shape index (κ1) is 12.8. The lowest BCUT2D eigenvalue weighted by Crippen LogP contribution is -2.41. The number of hydrogen-bond donors (Lipinski definition) is 2. The van der Waals surface area contributed by atoms with Gasteiger partial charge in [0.05, 0.1) is 23.5 Å². The van der Waals surface area contributed by atoms with E-state index in [2.05, 4.69) is 9.88 Å². The van der Waals surface area contributed by atoms with Gasteiger partial charge in [0, 0.05) is 19.1 Å². The third kappa shape index (κ3) is 2.79. The van der Waals surface area contributed by atoms with Gasteiger partial charge in [0.1, 0.15) is 0 Å². The predicted molar refractivity (Wildman–Crippen MR) is 71.0 cm³/mol. The third-order valence-corrected chi connectivity index (χ3v) is 3.43. The normalized spacial score (nSPS) is 21.7. The van der Waals surface area contributed by atoms with Crippen molar-refractivity contribution in [3.63, 3.8) is 0 Å². The average molecular weight is 248 g/mol. The summed E-state index contributed by atoms with van der Waals surface area (Å²) in [4.78, 5) is 17.7. The molecule has 1 fully saturated rings. The van der Waals surface area contributed by atoms with Crippen molar-refractivity contribution in [1.82, 2.24) is 4.98 Å². The van der Waals surface area contributed by atoms with Gasteiger partial charge in [-0.2, -0.15) is 0 Å². The Morgan fingerprint density at radius 1 is 1.56 bits per heavy atom. The highest BCUT2D eigenvalue weighted by atomic mass is 16.1. The van der Waals surface area contributed by atoms with Crippen molar-refractivity contribution in [3.05, 3.63) is 24.0 Å². The van der Waals surface area contributed by atoms with Gasteiger partial charge in [-0.1, -0.05) is 0 Å². The molecule has 2 atom stereocenters. The number of rotatable bonds is 3. The Balaban J connectivity index is 2.09. The maximum atomic E-state index is 11.2. The van der Waals surface area contributed by atoms with Gasteiger partial charge in [-0.05, 0) is 31.9 Å². The Labute approximate surface area is 107 Å². The van der Waals surface area contributed by atoms with Gasteiger partial charge in [-0.15, -0.1) is 0 Å². The zero-order valence-electron chi connectivity index (χ0n) is 10.7. The number of piperidine rings is 1. The maximum Gasteiger partial charge on any atom is 0.222 e. The van der Waals surface area contributed by atoms with E-state index < -0.39 is 0 Å². The van der Waals surface area contributed by atoms with E-state index in [1.165, 1.54) is 0 Å². The lowest BCUT2D eigenvalue weighted by Gasteiger charge is -2.32. The average Bonchev–Trinajstić information content (AvgIpc) is 2.39. The first-order chi connectivity index (χ1) is 8.58. The molecule has 2 rings (SSSR count). The lowest BCUT2D eigenvalue weighted by molar-refractivity contribution is -0.122. The van der Waals surface area contributed by atoms with Crippen molar-refractivity contribution in [2.75, 3.05) is 18.0 Å². The highest BCUT2D eigenvalue weighted by molar-refractivity contribution is 5.77. The summed E-state index contributed by atoms with van der Waals surface area (Å²) in [6.07, 6.45) is 3.70. The van der Waals surface area contributed by atoms with Gasteiger partial charge in [0.15, 0.2) is 0 Å². The predicted octanol–water partition coefficient (Wildman–Crippen LogP) is 0.803. The second-order valence-electron chi connectivity index (χ2n) is 4.92. The molecule has 1 aliphatic heterocycles. The Hall–Kier alpha value is -1.62. The van der Waals surface area contributed by atoms with Crippen LogP contribution < -0.4 is 16.4 Å². The van der Waals surface area contributed by atoms with Crippen LogP contribution in [0.4, 0.5) is 5.69 Å². The molecule has 2 heterocycles. The molecule has 1 aromatic heterocycles. The van der Waals surface area contributed by atoms with Crippen LogP contribution in [0.2, 0.25) is 0 Å². The number of anilines is 1. The minimum absolute atomic E-state index is 0.0492. The fourth-order valence-electron chi connectivity index (χ4n) is 2.30. The Morgan fingerprint density at radius 3 is 2.89 bits per heavy atom. The van der Waals surface area contributed by atoms with Crippen LogP contribution in [0.25, 0.3) is 0 Å². The molecular formula is C13H20N4O. The molecule has 1 aliphatic rings. The van der Waals surface area contributed by atoms with Crippen LogP contribution >= 0.6 is 0 Å². The van der Waals surface area contributed by atoms with E-state index in [4.69, 9.17) is 11.5 Å². The molecule has 0 saturated carbocycles. The van der Waals surface area contributed by atoms with Gasteiger partial charge in [0.2, 0.25) is 5.91 Å². The summed E-state index contributed by atoms with van der Waals surface area (Å²) in [5, 5.41) is 0. The zero-order valence-corrected chi connectivity index (χ0v) is 10.7. The number of amides is 1. The first-order valence-corrected chi connectivity index (χ1v) is 6.33. The number of nitrogens with two attached hydrogens (primary N) is 2. The smallest absolute Gasteiger partial charge is 0.222 e. The highest BCUT2D eigenvalue weighted by Crippen LogP contribution is 2.23. The van der Waals surface area contributed by atoms with Gasteiger partial charge < -0.3 is 16.4 Å². The fraction of sp³-hybridized carbons (Fsp3) is 0.538. The van der Waals surface area contributed by atoms with E-state index in [0.29, 0.717) is 6.54 Å². The molecular weight excluding hydrogens is 228 g/mol. The minimum atomic E-state index is -0.208. The molecule has 0 bridgehead atoms. The van der Waals surface area contributed by atoms with Gasteiger partial charge in [-0.25, -0.2) is 0 Å². The number of primary amides is 1.